The van der Waals surface area contributed by atoms with Crippen molar-refractivity contribution in [2.45, 2.75) is 6.92 Å². The molecule has 0 radical (unpaired) electrons. The molecule has 0 aliphatic rings. The van der Waals surface area contributed by atoms with Crippen LogP contribution in [0.2, 0.25) is 0 Å². The minimum atomic E-state index is -0.832. The van der Waals surface area contributed by atoms with Crippen LogP contribution in [-0.2, 0) is 4.74 Å². The van der Waals surface area contributed by atoms with Gasteiger partial charge in [-0.3, -0.25) is 9.36 Å². The van der Waals surface area contributed by atoms with Crippen LogP contribution in [0, 0.1) is 3.57 Å². The number of rotatable bonds is 4. The predicted molar refractivity (Wildman–Crippen MR) is 95.8 cm³/mol. The van der Waals surface area contributed by atoms with Gasteiger partial charge in [-0.15, -0.1) is 0 Å². The molecule has 0 saturated carbocycles. The van der Waals surface area contributed by atoms with Gasteiger partial charge in [0.25, 0.3) is 5.91 Å². The smallest absolute Gasteiger partial charge is 0.359 e. The van der Waals surface area contributed by atoms with E-state index in [2.05, 4.69) is 22.6 Å². The highest BCUT2D eigenvalue weighted by Gasteiger charge is 2.33. The van der Waals surface area contributed by atoms with Gasteiger partial charge in [-0.1, -0.05) is 0 Å². The third-order valence-corrected chi connectivity index (χ3v) is 4.00. The largest absolute Gasteiger partial charge is 0.503 e. The highest BCUT2D eigenvalue weighted by atomic mass is 127. The van der Waals surface area contributed by atoms with E-state index in [0.29, 0.717) is 5.69 Å². The van der Waals surface area contributed by atoms with Crippen LogP contribution in [0.25, 0.3) is 5.69 Å². The number of ether oxygens (including phenoxy) is 1. The van der Waals surface area contributed by atoms with Gasteiger partial charge in [-0.05, 0) is 53.8 Å². The maximum atomic E-state index is 12.5. The van der Waals surface area contributed by atoms with Crippen LogP contribution in [0.3, 0.4) is 0 Å². The van der Waals surface area contributed by atoms with Crippen molar-refractivity contribution in [3.05, 3.63) is 39.2 Å². The van der Waals surface area contributed by atoms with Gasteiger partial charge in [-0.2, -0.15) is 0 Å². The Kier molecular flexibility index (Phi) is 5.37. The molecule has 1 aromatic heterocycles. The molecule has 8 heteroatoms. The summed E-state index contributed by atoms with van der Waals surface area (Å²) in [7, 11) is 3.02. The lowest BCUT2D eigenvalue weighted by atomic mass is 10.3. The molecule has 24 heavy (non-hydrogen) atoms. The average Bonchev–Trinajstić information content (AvgIpc) is 2.79. The number of carbonyl (C=O) groups excluding carboxylic acids is 2. The molecule has 0 aliphatic heterocycles. The van der Waals surface area contributed by atoms with E-state index in [1.54, 1.807) is 31.2 Å². The molecule has 0 aliphatic carbocycles. The number of hydrogen-bond donors (Lipinski definition) is 2. The lowest BCUT2D eigenvalue weighted by Gasteiger charge is -2.15. The van der Waals surface area contributed by atoms with Crippen molar-refractivity contribution in [1.29, 1.82) is 0 Å². The standard InChI is InChI=1S/C16H17IN2O5/c1-4-24-16(23)12-14(21)13(20)11(15(22)18(2)3)19(12)10-7-5-9(17)6-8-10/h5-8,20-21H,4H2,1-3H3. The maximum Gasteiger partial charge on any atom is 0.359 e. The van der Waals surface area contributed by atoms with Gasteiger partial charge < -0.3 is 19.8 Å². The van der Waals surface area contributed by atoms with Crippen LogP contribution >= 0.6 is 22.6 Å². The van der Waals surface area contributed by atoms with Crippen molar-refractivity contribution in [2.24, 2.45) is 0 Å². The van der Waals surface area contributed by atoms with Gasteiger partial charge in [0.15, 0.2) is 22.9 Å². The zero-order valence-corrected chi connectivity index (χ0v) is 15.6. The first-order chi connectivity index (χ1) is 11.3. The number of aromatic hydroxyl groups is 2. The van der Waals surface area contributed by atoms with Crippen LogP contribution in [0.1, 0.15) is 27.9 Å². The Balaban J connectivity index is 2.80. The van der Waals surface area contributed by atoms with E-state index in [1.807, 2.05) is 0 Å². The summed E-state index contributed by atoms with van der Waals surface area (Å²) < 4.78 is 7.11. The highest BCUT2D eigenvalue weighted by Crippen LogP contribution is 2.39. The van der Waals surface area contributed by atoms with E-state index in [1.165, 1.54) is 23.6 Å². The van der Waals surface area contributed by atoms with Crippen molar-refractivity contribution in [2.75, 3.05) is 20.7 Å². The molecule has 7 nitrogen and oxygen atoms in total. The quantitative estimate of drug-likeness (QED) is 0.558. The first kappa shape index (κ1) is 18.1. The SMILES string of the molecule is CCOC(=O)c1c(O)c(O)c(C(=O)N(C)C)n1-c1ccc(I)cc1. The fourth-order valence-corrected chi connectivity index (χ4v) is 2.55. The van der Waals surface area contributed by atoms with Crippen molar-refractivity contribution in [1.82, 2.24) is 9.47 Å². The van der Waals surface area contributed by atoms with Gasteiger partial charge in [0.2, 0.25) is 0 Å². The zero-order valence-electron chi connectivity index (χ0n) is 13.4. The summed E-state index contributed by atoms with van der Waals surface area (Å²) in [6.45, 7) is 1.71. The van der Waals surface area contributed by atoms with Gasteiger partial charge in [0, 0.05) is 23.4 Å². The lowest BCUT2D eigenvalue weighted by Crippen LogP contribution is -2.25. The topological polar surface area (TPSA) is 92.0 Å². The number of hydrogen-bond acceptors (Lipinski definition) is 5. The third-order valence-electron chi connectivity index (χ3n) is 3.28. The average molecular weight is 444 g/mol. The van der Waals surface area contributed by atoms with E-state index in [4.69, 9.17) is 4.74 Å². The molecule has 0 bridgehead atoms. The number of halogens is 1. The number of nitrogens with zero attached hydrogens (tertiary/aromatic N) is 2. The lowest BCUT2D eigenvalue weighted by molar-refractivity contribution is 0.0513. The molecular formula is C16H17IN2O5. The normalized spacial score (nSPS) is 10.5. The van der Waals surface area contributed by atoms with E-state index in [9.17, 15) is 19.8 Å². The van der Waals surface area contributed by atoms with E-state index in [-0.39, 0.29) is 18.0 Å². The van der Waals surface area contributed by atoms with Crippen molar-refractivity contribution >= 4 is 34.5 Å². The van der Waals surface area contributed by atoms with Gasteiger partial charge in [-0.25, -0.2) is 4.79 Å². The molecule has 0 spiro atoms. The molecule has 1 amide bonds. The monoisotopic (exact) mass is 444 g/mol. The first-order valence-electron chi connectivity index (χ1n) is 7.10. The van der Waals surface area contributed by atoms with E-state index >= 15 is 0 Å². The van der Waals surface area contributed by atoms with Crippen molar-refractivity contribution in [3.63, 3.8) is 0 Å². The Hall–Kier alpha value is -2.23. The van der Waals surface area contributed by atoms with E-state index < -0.39 is 23.4 Å². The van der Waals surface area contributed by atoms with Crippen molar-refractivity contribution < 1.29 is 24.5 Å². The Labute approximate surface area is 152 Å². The molecule has 2 N–H and O–H groups in total. The van der Waals surface area contributed by atoms with Crippen LogP contribution in [0.5, 0.6) is 11.5 Å². The number of aromatic nitrogens is 1. The second-order valence-electron chi connectivity index (χ2n) is 5.13. The van der Waals surface area contributed by atoms with Crippen LogP contribution in [0.4, 0.5) is 0 Å². The number of esters is 1. The molecule has 0 atom stereocenters. The molecular weight excluding hydrogens is 427 g/mol. The Morgan fingerprint density at radius 3 is 2.17 bits per heavy atom. The minimum absolute atomic E-state index is 0.0911. The summed E-state index contributed by atoms with van der Waals surface area (Å²) in [5.74, 6) is -2.73. The molecule has 1 heterocycles. The second kappa shape index (κ2) is 7.12. The molecule has 128 valence electrons. The molecule has 0 fully saturated rings. The zero-order chi connectivity index (χ0) is 18.0. The van der Waals surface area contributed by atoms with Crippen LogP contribution in [0.15, 0.2) is 24.3 Å². The van der Waals surface area contributed by atoms with E-state index in [0.717, 1.165) is 3.57 Å². The third kappa shape index (κ3) is 3.18. The summed E-state index contributed by atoms with van der Waals surface area (Å²) in [5, 5.41) is 20.4. The molecule has 2 aromatic rings. The molecule has 2 rings (SSSR count). The summed E-state index contributed by atoms with van der Waals surface area (Å²) in [5.41, 5.74) is -0.0539. The number of amides is 1. The first-order valence-corrected chi connectivity index (χ1v) is 8.18. The Morgan fingerprint density at radius 1 is 1.12 bits per heavy atom. The predicted octanol–water partition coefficient (Wildman–Crippen LogP) is 2.37. The van der Waals surface area contributed by atoms with Crippen molar-refractivity contribution in [3.8, 4) is 17.2 Å². The number of benzene rings is 1. The van der Waals surface area contributed by atoms with Gasteiger partial charge in [0.05, 0.1) is 6.61 Å². The summed E-state index contributed by atoms with van der Waals surface area (Å²) in [4.78, 5) is 25.9. The fourth-order valence-electron chi connectivity index (χ4n) is 2.19. The van der Waals surface area contributed by atoms with Gasteiger partial charge >= 0.3 is 5.97 Å². The van der Waals surface area contributed by atoms with Crippen LogP contribution < -0.4 is 0 Å². The molecule has 0 saturated heterocycles. The summed E-state index contributed by atoms with van der Waals surface area (Å²) >= 11 is 2.12. The molecule has 0 unspecified atom stereocenters. The Bertz CT molecular complexity index is 781. The molecule has 1 aromatic carbocycles. The second-order valence-corrected chi connectivity index (χ2v) is 6.37. The minimum Gasteiger partial charge on any atom is -0.503 e. The Morgan fingerprint density at radius 2 is 1.67 bits per heavy atom. The van der Waals surface area contributed by atoms with Gasteiger partial charge in [0.1, 0.15) is 0 Å². The highest BCUT2D eigenvalue weighted by molar-refractivity contribution is 14.1. The number of carbonyl (C=O) groups is 2. The summed E-state index contributed by atoms with van der Waals surface area (Å²) in [6.07, 6.45) is 0. The van der Waals surface area contributed by atoms with Crippen LogP contribution in [-0.4, -0.2) is 52.3 Å². The maximum absolute atomic E-state index is 12.5. The summed E-state index contributed by atoms with van der Waals surface area (Å²) in [6, 6.07) is 6.91. The fraction of sp³-hybridized carbons (Fsp3) is 0.250.